The van der Waals surface area contributed by atoms with Gasteiger partial charge in [0.25, 0.3) is 0 Å². The van der Waals surface area contributed by atoms with Gasteiger partial charge in [-0.05, 0) is 38.5 Å². The van der Waals surface area contributed by atoms with Gasteiger partial charge in [-0.15, -0.1) is 22.7 Å². The second-order valence-electron chi connectivity index (χ2n) is 5.61. The molecule has 0 saturated carbocycles. The largest absolute Gasteiger partial charge is 0.333 e. The number of carbonyl (C=O) groups excluding carboxylic acids is 2. The molecule has 0 aliphatic carbocycles. The lowest BCUT2D eigenvalue weighted by Gasteiger charge is -2.22. The maximum Gasteiger partial charge on any atom is 0.245 e. The van der Waals surface area contributed by atoms with Gasteiger partial charge in [-0.25, -0.2) is 4.98 Å². The molecular weight excluding hydrogens is 344 g/mol. The Balaban J connectivity index is 1.92. The van der Waals surface area contributed by atoms with Crippen molar-refractivity contribution in [3.8, 4) is 0 Å². The molecule has 2 aromatic heterocycles. The number of carbonyl (C=O) groups is 2. The highest BCUT2D eigenvalue weighted by molar-refractivity contribution is 7.13. The Labute approximate surface area is 150 Å². The van der Waals surface area contributed by atoms with Crippen molar-refractivity contribution in [3.05, 3.63) is 34.0 Å². The molecule has 2 amide bonds. The van der Waals surface area contributed by atoms with Crippen LogP contribution in [0.25, 0.3) is 0 Å². The molecule has 0 saturated heterocycles. The number of nitrogens with one attached hydrogen (secondary N) is 1. The first-order chi connectivity index (χ1) is 11.5. The normalized spacial score (nSPS) is 10.8. The first-order valence-electron chi connectivity index (χ1n) is 7.69. The summed E-state index contributed by atoms with van der Waals surface area (Å²) >= 11 is 2.92. The lowest BCUT2D eigenvalue weighted by molar-refractivity contribution is -0.134. The van der Waals surface area contributed by atoms with Gasteiger partial charge in [0.2, 0.25) is 11.8 Å². The van der Waals surface area contributed by atoms with Gasteiger partial charge in [0, 0.05) is 23.0 Å². The number of hydrogen-bond donors (Lipinski definition) is 1. The molecule has 2 rings (SSSR count). The Bertz CT molecular complexity index is 627. The Kier molecular flexibility index (Phi) is 7.36. The number of rotatable bonds is 9. The molecule has 0 atom stereocenters. The highest BCUT2D eigenvalue weighted by atomic mass is 32.1. The van der Waals surface area contributed by atoms with E-state index >= 15 is 0 Å². The maximum absolute atomic E-state index is 12.6. The average molecular weight is 367 g/mol. The fourth-order valence-electron chi connectivity index (χ4n) is 2.16. The van der Waals surface area contributed by atoms with Crippen LogP contribution >= 0.6 is 22.7 Å². The summed E-state index contributed by atoms with van der Waals surface area (Å²) in [6.07, 6.45) is 2.80. The van der Waals surface area contributed by atoms with Crippen molar-refractivity contribution in [3.63, 3.8) is 0 Å². The van der Waals surface area contributed by atoms with E-state index in [1.165, 1.54) is 11.3 Å². The molecule has 0 radical (unpaired) electrons. The van der Waals surface area contributed by atoms with Crippen molar-refractivity contribution in [2.45, 2.75) is 12.8 Å². The molecular formula is C16H22N4O2S2. The van der Waals surface area contributed by atoms with Crippen LogP contribution in [-0.4, -0.2) is 60.3 Å². The van der Waals surface area contributed by atoms with Crippen LogP contribution in [0.3, 0.4) is 0 Å². The molecule has 2 heterocycles. The Morgan fingerprint density at radius 3 is 2.67 bits per heavy atom. The van der Waals surface area contributed by atoms with E-state index in [9.17, 15) is 9.59 Å². The van der Waals surface area contributed by atoms with E-state index < -0.39 is 0 Å². The minimum atomic E-state index is -0.214. The molecule has 0 aliphatic rings. The zero-order valence-electron chi connectivity index (χ0n) is 13.9. The Morgan fingerprint density at radius 2 is 2.04 bits per heavy atom. The van der Waals surface area contributed by atoms with Crippen LogP contribution in [-0.2, 0) is 16.0 Å². The zero-order chi connectivity index (χ0) is 17.4. The molecule has 0 aliphatic heterocycles. The van der Waals surface area contributed by atoms with Gasteiger partial charge in [0.1, 0.15) is 0 Å². The second kappa shape index (κ2) is 9.51. The number of thiophene rings is 1. The first-order valence-corrected chi connectivity index (χ1v) is 9.45. The standard InChI is InChI=1S/C16H22N4O2S2/c1-19(2)7-4-8-20(15(22)11-13-5-3-9-23-13)12-14(21)18-16-17-6-10-24-16/h3,5-6,9-10H,4,7-8,11-12H2,1-2H3,(H,17,18,21). The van der Waals surface area contributed by atoms with E-state index in [0.717, 1.165) is 17.8 Å². The van der Waals surface area contributed by atoms with Gasteiger partial charge in [-0.2, -0.15) is 0 Å². The van der Waals surface area contributed by atoms with E-state index in [1.807, 2.05) is 31.6 Å². The molecule has 0 aromatic carbocycles. The van der Waals surface area contributed by atoms with Crippen LogP contribution in [0.4, 0.5) is 5.13 Å². The number of nitrogens with zero attached hydrogens (tertiary/aromatic N) is 3. The van der Waals surface area contributed by atoms with Crippen LogP contribution in [0.2, 0.25) is 0 Å². The number of hydrogen-bond acceptors (Lipinski definition) is 6. The summed E-state index contributed by atoms with van der Waals surface area (Å²) in [4.78, 5) is 33.5. The molecule has 130 valence electrons. The molecule has 24 heavy (non-hydrogen) atoms. The predicted molar refractivity (Wildman–Crippen MR) is 98.5 cm³/mol. The number of aromatic nitrogens is 1. The summed E-state index contributed by atoms with van der Waals surface area (Å²) in [5.74, 6) is -0.236. The zero-order valence-corrected chi connectivity index (χ0v) is 15.5. The summed E-state index contributed by atoms with van der Waals surface area (Å²) in [6, 6.07) is 3.87. The van der Waals surface area contributed by atoms with E-state index in [-0.39, 0.29) is 18.4 Å². The SMILES string of the molecule is CN(C)CCCN(CC(=O)Nc1nccs1)C(=O)Cc1cccs1. The summed E-state index contributed by atoms with van der Waals surface area (Å²) in [6.45, 7) is 1.49. The van der Waals surface area contributed by atoms with Gasteiger partial charge in [-0.1, -0.05) is 6.07 Å². The Hall–Kier alpha value is -1.77. The van der Waals surface area contributed by atoms with Gasteiger partial charge in [-0.3, -0.25) is 9.59 Å². The van der Waals surface area contributed by atoms with Crippen LogP contribution < -0.4 is 5.32 Å². The lowest BCUT2D eigenvalue weighted by Crippen LogP contribution is -2.40. The number of anilines is 1. The molecule has 6 nitrogen and oxygen atoms in total. The molecule has 0 bridgehead atoms. The van der Waals surface area contributed by atoms with E-state index in [1.54, 1.807) is 27.8 Å². The summed E-state index contributed by atoms with van der Waals surface area (Å²) < 4.78 is 0. The number of amides is 2. The molecule has 8 heteroatoms. The van der Waals surface area contributed by atoms with Crippen molar-refractivity contribution < 1.29 is 9.59 Å². The molecule has 0 unspecified atom stereocenters. The van der Waals surface area contributed by atoms with Crippen molar-refractivity contribution >= 4 is 39.6 Å². The Morgan fingerprint density at radius 1 is 1.21 bits per heavy atom. The predicted octanol–water partition coefficient (Wildman–Crippen LogP) is 2.17. The number of thiazole rings is 1. The van der Waals surface area contributed by atoms with E-state index in [4.69, 9.17) is 0 Å². The highest BCUT2D eigenvalue weighted by Crippen LogP contribution is 2.12. The molecule has 1 N–H and O–H groups in total. The van der Waals surface area contributed by atoms with Crippen molar-refractivity contribution in [2.24, 2.45) is 0 Å². The minimum absolute atomic E-state index is 0.0227. The smallest absolute Gasteiger partial charge is 0.245 e. The van der Waals surface area contributed by atoms with Crippen LogP contribution in [0.5, 0.6) is 0 Å². The first kappa shape index (κ1) is 18.6. The van der Waals surface area contributed by atoms with Crippen LogP contribution in [0.15, 0.2) is 29.1 Å². The van der Waals surface area contributed by atoms with Crippen LogP contribution in [0, 0.1) is 0 Å². The monoisotopic (exact) mass is 366 g/mol. The third-order valence-corrected chi connectivity index (χ3v) is 4.87. The average Bonchev–Trinajstić information content (AvgIpc) is 3.19. The van der Waals surface area contributed by atoms with Gasteiger partial charge < -0.3 is 15.1 Å². The highest BCUT2D eigenvalue weighted by Gasteiger charge is 2.18. The maximum atomic E-state index is 12.6. The fourth-order valence-corrected chi connectivity index (χ4v) is 3.40. The van der Waals surface area contributed by atoms with Crippen LogP contribution in [0.1, 0.15) is 11.3 Å². The lowest BCUT2D eigenvalue weighted by atomic mass is 10.2. The fraction of sp³-hybridized carbons (Fsp3) is 0.438. The molecule has 0 spiro atoms. The van der Waals surface area contributed by atoms with Gasteiger partial charge in [0.05, 0.1) is 13.0 Å². The topological polar surface area (TPSA) is 65.5 Å². The van der Waals surface area contributed by atoms with Gasteiger partial charge in [0.15, 0.2) is 5.13 Å². The molecule has 2 aromatic rings. The third-order valence-electron chi connectivity index (χ3n) is 3.30. The third kappa shape index (κ3) is 6.38. The van der Waals surface area contributed by atoms with E-state index in [0.29, 0.717) is 18.1 Å². The summed E-state index contributed by atoms with van der Waals surface area (Å²) in [7, 11) is 3.99. The molecule has 0 fully saturated rings. The van der Waals surface area contributed by atoms with E-state index in [2.05, 4.69) is 15.2 Å². The van der Waals surface area contributed by atoms with Gasteiger partial charge >= 0.3 is 0 Å². The van der Waals surface area contributed by atoms with Crippen molar-refractivity contribution in [2.75, 3.05) is 39.0 Å². The minimum Gasteiger partial charge on any atom is -0.333 e. The van der Waals surface area contributed by atoms with Crippen molar-refractivity contribution in [1.82, 2.24) is 14.8 Å². The van der Waals surface area contributed by atoms with Crippen molar-refractivity contribution in [1.29, 1.82) is 0 Å². The summed E-state index contributed by atoms with van der Waals surface area (Å²) in [5, 5.41) is 7.04. The summed E-state index contributed by atoms with van der Waals surface area (Å²) in [5.41, 5.74) is 0. The second-order valence-corrected chi connectivity index (χ2v) is 7.54. The quantitative estimate of drug-likeness (QED) is 0.739.